The number of carboxylic acids is 1. The van der Waals surface area contributed by atoms with E-state index in [0.717, 1.165) is 0 Å². The van der Waals surface area contributed by atoms with E-state index in [-0.39, 0.29) is 6.42 Å². The molecule has 0 saturated heterocycles. The van der Waals surface area contributed by atoms with Gasteiger partial charge in [-0.25, -0.2) is 4.79 Å². The zero-order valence-electron chi connectivity index (χ0n) is 13.7. The van der Waals surface area contributed by atoms with Crippen molar-refractivity contribution < 1.29 is 29.1 Å². The van der Waals surface area contributed by atoms with Crippen LogP contribution in [-0.2, 0) is 24.0 Å². The molecule has 0 heterocycles. The molecule has 0 aromatic carbocycles. The average molecular weight is 377 g/mol. The Hall–Kier alpha value is -2.34. The van der Waals surface area contributed by atoms with E-state index in [9.17, 15) is 24.0 Å². The van der Waals surface area contributed by atoms with Crippen LogP contribution in [-0.4, -0.2) is 64.8 Å². The summed E-state index contributed by atoms with van der Waals surface area (Å²) in [6, 6.07) is -3.84. The van der Waals surface area contributed by atoms with Crippen molar-refractivity contribution in [2.24, 2.45) is 17.2 Å². The Morgan fingerprint density at radius 1 is 0.960 bits per heavy atom. The molecule has 0 unspecified atom stereocenters. The Balaban J connectivity index is 5.01. The lowest BCUT2D eigenvalue weighted by molar-refractivity contribution is -0.143. The lowest BCUT2D eigenvalue weighted by atomic mass is 10.1. The minimum atomic E-state index is -1.52. The van der Waals surface area contributed by atoms with Crippen molar-refractivity contribution in [2.75, 3.05) is 12.0 Å². The topological polar surface area (TPSA) is 208 Å². The molecule has 142 valence electrons. The number of hydrogen-bond acceptors (Lipinski definition) is 7. The van der Waals surface area contributed by atoms with Gasteiger partial charge in [-0.05, 0) is 18.4 Å². The van der Waals surface area contributed by atoms with Crippen LogP contribution in [0.5, 0.6) is 0 Å². The maximum atomic E-state index is 12.2. The Morgan fingerprint density at radius 2 is 1.48 bits per heavy atom. The minimum absolute atomic E-state index is 0.185. The maximum Gasteiger partial charge on any atom is 0.326 e. The molecular weight excluding hydrogens is 354 g/mol. The summed E-state index contributed by atoms with van der Waals surface area (Å²) < 4.78 is 0. The van der Waals surface area contributed by atoms with E-state index in [1.54, 1.807) is 6.26 Å². The van der Waals surface area contributed by atoms with Gasteiger partial charge in [-0.3, -0.25) is 19.2 Å². The Bertz CT molecular complexity index is 529. The second kappa shape index (κ2) is 11.3. The Labute approximate surface area is 148 Å². The van der Waals surface area contributed by atoms with E-state index in [2.05, 4.69) is 10.6 Å². The van der Waals surface area contributed by atoms with Crippen molar-refractivity contribution in [2.45, 2.75) is 37.4 Å². The molecule has 12 heteroatoms. The summed E-state index contributed by atoms with van der Waals surface area (Å²) in [4.78, 5) is 56.9. The van der Waals surface area contributed by atoms with Gasteiger partial charge >= 0.3 is 5.97 Å². The molecule has 0 aromatic rings. The fraction of sp³-hybridized carbons (Fsp3) is 0.615. The number of nitrogens with two attached hydrogens (primary N) is 3. The highest BCUT2D eigenvalue weighted by atomic mass is 32.2. The molecule has 0 aromatic heterocycles. The number of rotatable bonds is 12. The zero-order valence-corrected chi connectivity index (χ0v) is 14.5. The van der Waals surface area contributed by atoms with Gasteiger partial charge in [0.2, 0.25) is 23.6 Å². The number of carbonyl (C=O) groups excluding carboxylic acids is 4. The van der Waals surface area contributed by atoms with E-state index >= 15 is 0 Å². The predicted octanol–water partition coefficient (Wildman–Crippen LogP) is -3.13. The molecule has 0 aliphatic heterocycles. The van der Waals surface area contributed by atoms with Crippen molar-refractivity contribution in [3.63, 3.8) is 0 Å². The van der Waals surface area contributed by atoms with Gasteiger partial charge in [-0.15, -0.1) is 0 Å². The van der Waals surface area contributed by atoms with Gasteiger partial charge in [-0.2, -0.15) is 11.8 Å². The molecule has 3 atom stereocenters. The van der Waals surface area contributed by atoms with Crippen LogP contribution in [0.4, 0.5) is 0 Å². The molecule has 0 aliphatic rings. The number of primary amides is 2. The van der Waals surface area contributed by atoms with Crippen molar-refractivity contribution in [1.82, 2.24) is 10.6 Å². The van der Waals surface area contributed by atoms with Crippen molar-refractivity contribution in [3.05, 3.63) is 0 Å². The first-order chi connectivity index (χ1) is 11.6. The van der Waals surface area contributed by atoms with E-state index in [1.165, 1.54) is 11.8 Å². The molecule has 0 saturated carbocycles. The number of thioether (sulfide) groups is 1. The van der Waals surface area contributed by atoms with Crippen LogP contribution in [0.1, 0.15) is 19.3 Å². The van der Waals surface area contributed by atoms with Gasteiger partial charge < -0.3 is 32.9 Å². The molecule has 0 fully saturated rings. The smallest absolute Gasteiger partial charge is 0.326 e. The molecule has 25 heavy (non-hydrogen) atoms. The van der Waals surface area contributed by atoms with Crippen LogP contribution in [0.2, 0.25) is 0 Å². The van der Waals surface area contributed by atoms with Crippen LogP contribution in [0.15, 0.2) is 0 Å². The fourth-order valence-corrected chi connectivity index (χ4v) is 2.24. The summed E-state index contributed by atoms with van der Waals surface area (Å²) in [6.45, 7) is 0. The lowest BCUT2D eigenvalue weighted by Crippen LogP contribution is -2.55. The first-order valence-corrected chi connectivity index (χ1v) is 8.62. The quantitative estimate of drug-likeness (QED) is 0.204. The average Bonchev–Trinajstić information content (AvgIpc) is 2.48. The number of nitrogens with one attached hydrogen (secondary N) is 2. The summed E-state index contributed by atoms with van der Waals surface area (Å²) in [5.74, 6) is -4.21. The molecule has 0 bridgehead atoms. The number of carboxylic acid groups (broad SMARTS) is 1. The molecule has 0 spiro atoms. The van der Waals surface area contributed by atoms with Crippen LogP contribution in [0.25, 0.3) is 0 Å². The van der Waals surface area contributed by atoms with Crippen LogP contribution < -0.4 is 27.8 Å². The third-order valence-corrected chi connectivity index (χ3v) is 3.67. The zero-order chi connectivity index (χ0) is 19.6. The standard InChI is InChI=1S/C13H23N5O6S/c1-25-3-2-7(17-11(21)6(14)4-9(15)19)12(22)18-8(13(23)24)5-10(16)20/h6-8H,2-5,14H2,1H3,(H2,15,19)(H2,16,20)(H,17,21)(H,18,22)(H,23,24)/t6-,7-,8-/m0/s1. The van der Waals surface area contributed by atoms with E-state index in [1.807, 2.05) is 0 Å². The van der Waals surface area contributed by atoms with Crippen LogP contribution in [0, 0.1) is 0 Å². The van der Waals surface area contributed by atoms with Crippen molar-refractivity contribution in [3.8, 4) is 0 Å². The Morgan fingerprint density at radius 3 is 1.92 bits per heavy atom. The summed E-state index contributed by atoms with van der Waals surface area (Å²) in [5.41, 5.74) is 15.4. The molecule has 0 radical (unpaired) electrons. The molecule has 4 amide bonds. The van der Waals surface area contributed by atoms with Gasteiger partial charge in [0, 0.05) is 0 Å². The van der Waals surface area contributed by atoms with Gasteiger partial charge in [0.25, 0.3) is 0 Å². The summed E-state index contributed by atoms with van der Waals surface area (Å²) in [7, 11) is 0. The van der Waals surface area contributed by atoms with Crippen molar-refractivity contribution >= 4 is 41.4 Å². The molecular formula is C13H23N5O6S. The van der Waals surface area contributed by atoms with E-state index < -0.39 is 60.6 Å². The van der Waals surface area contributed by atoms with Gasteiger partial charge in [-0.1, -0.05) is 0 Å². The van der Waals surface area contributed by atoms with Crippen LogP contribution >= 0.6 is 11.8 Å². The summed E-state index contributed by atoms with van der Waals surface area (Å²) >= 11 is 1.40. The highest BCUT2D eigenvalue weighted by Gasteiger charge is 2.28. The second-order valence-corrected chi connectivity index (χ2v) is 6.18. The minimum Gasteiger partial charge on any atom is -0.480 e. The number of aliphatic carboxylic acids is 1. The largest absolute Gasteiger partial charge is 0.480 e. The van der Waals surface area contributed by atoms with E-state index in [4.69, 9.17) is 22.3 Å². The number of carbonyl (C=O) groups is 5. The monoisotopic (exact) mass is 377 g/mol. The molecule has 9 N–H and O–H groups in total. The van der Waals surface area contributed by atoms with E-state index in [0.29, 0.717) is 5.75 Å². The van der Waals surface area contributed by atoms with Crippen LogP contribution in [0.3, 0.4) is 0 Å². The number of amides is 4. The van der Waals surface area contributed by atoms with Gasteiger partial charge in [0.05, 0.1) is 18.9 Å². The van der Waals surface area contributed by atoms with Gasteiger partial charge in [0.1, 0.15) is 12.1 Å². The maximum absolute atomic E-state index is 12.2. The normalized spacial score (nSPS) is 14.0. The highest BCUT2D eigenvalue weighted by Crippen LogP contribution is 2.03. The summed E-state index contributed by atoms with van der Waals surface area (Å²) in [5, 5.41) is 13.5. The van der Waals surface area contributed by atoms with Crippen molar-refractivity contribution in [1.29, 1.82) is 0 Å². The molecule has 11 nitrogen and oxygen atoms in total. The first-order valence-electron chi connectivity index (χ1n) is 7.23. The highest BCUT2D eigenvalue weighted by molar-refractivity contribution is 7.98. The lowest BCUT2D eigenvalue weighted by Gasteiger charge is -2.22. The number of hydrogen-bond donors (Lipinski definition) is 6. The third kappa shape index (κ3) is 9.52. The van der Waals surface area contributed by atoms with Gasteiger partial charge in [0.15, 0.2) is 0 Å². The molecule has 0 rings (SSSR count). The third-order valence-electron chi connectivity index (χ3n) is 3.02. The predicted molar refractivity (Wildman–Crippen MR) is 90.1 cm³/mol. The fourth-order valence-electron chi connectivity index (χ4n) is 1.77. The summed E-state index contributed by atoms with van der Waals surface area (Å²) in [6.07, 6.45) is 0.973. The SMILES string of the molecule is CSCC[C@H](NC(=O)[C@@H](N)CC(N)=O)C(=O)N[C@@H](CC(N)=O)C(=O)O. The molecule has 0 aliphatic carbocycles. The second-order valence-electron chi connectivity index (χ2n) is 5.19. The Kier molecular flexibility index (Phi) is 10.2. The first kappa shape index (κ1) is 22.7.